The molecule has 3 aromatic rings. The van der Waals surface area contributed by atoms with Gasteiger partial charge in [0.25, 0.3) is 0 Å². The summed E-state index contributed by atoms with van der Waals surface area (Å²) in [4.78, 5) is 18.8. The molecule has 0 aromatic carbocycles. The number of thiazole rings is 1. The number of aromatic nitrogens is 4. The first-order valence-electron chi connectivity index (χ1n) is 12.0. The molecule has 2 aliphatic rings. The summed E-state index contributed by atoms with van der Waals surface area (Å²) in [7, 11) is 0. The van der Waals surface area contributed by atoms with Crippen LogP contribution in [0.2, 0.25) is 0 Å². The number of nitrogens with zero attached hydrogens (tertiary/aromatic N) is 4. The molecule has 5 atom stereocenters. The second kappa shape index (κ2) is 9.33. The number of aliphatic hydroxyl groups is 3. The molecule has 3 heterocycles. The van der Waals surface area contributed by atoms with Crippen molar-refractivity contribution in [1.29, 1.82) is 0 Å². The van der Waals surface area contributed by atoms with E-state index in [1.807, 2.05) is 19.9 Å². The van der Waals surface area contributed by atoms with Crippen LogP contribution in [0.4, 0.5) is 11.8 Å². The Bertz CT molecular complexity index is 1180. The molecule has 5 N–H and O–H groups in total. The van der Waals surface area contributed by atoms with Crippen molar-refractivity contribution in [2.45, 2.75) is 70.7 Å². The van der Waals surface area contributed by atoms with Gasteiger partial charge >= 0.3 is 0 Å². The highest BCUT2D eigenvalue weighted by Gasteiger charge is 2.41. The van der Waals surface area contributed by atoms with Gasteiger partial charge in [0.1, 0.15) is 22.4 Å². The third-order valence-corrected chi connectivity index (χ3v) is 8.40. The zero-order valence-corrected chi connectivity index (χ0v) is 20.5. The van der Waals surface area contributed by atoms with Crippen LogP contribution in [0.25, 0.3) is 20.8 Å². The van der Waals surface area contributed by atoms with Crippen LogP contribution in [0.15, 0.2) is 12.3 Å². The van der Waals surface area contributed by atoms with Gasteiger partial charge in [0.05, 0.1) is 33.8 Å². The Hall–Kier alpha value is -2.40. The van der Waals surface area contributed by atoms with Crippen LogP contribution in [0.5, 0.6) is 0 Å². The summed E-state index contributed by atoms with van der Waals surface area (Å²) < 4.78 is 1.03. The Morgan fingerprint density at radius 2 is 1.91 bits per heavy atom. The fraction of sp³-hybridized carbons (Fsp3) is 0.583. The Morgan fingerprint density at radius 1 is 1.12 bits per heavy atom. The van der Waals surface area contributed by atoms with Gasteiger partial charge in [-0.15, -0.1) is 11.3 Å². The smallest absolute Gasteiger partial charge is 0.225 e. The minimum Gasteiger partial charge on any atom is -0.396 e. The average Bonchev–Trinajstić information content (AvgIpc) is 3.29. The first-order chi connectivity index (χ1) is 16.4. The van der Waals surface area contributed by atoms with E-state index in [4.69, 9.17) is 15.0 Å². The van der Waals surface area contributed by atoms with Crippen LogP contribution in [0, 0.1) is 25.7 Å². The number of anilines is 2. The van der Waals surface area contributed by atoms with Gasteiger partial charge in [-0.05, 0) is 52.0 Å². The lowest BCUT2D eigenvalue weighted by Crippen LogP contribution is -2.36. The molecule has 0 radical (unpaired) electrons. The van der Waals surface area contributed by atoms with Gasteiger partial charge in [-0.1, -0.05) is 6.42 Å². The number of rotatable bonds is 7. The zero-order valence-electron chi connectivity index (χ0n) is 19.7. The van der Waals surface area contributed by atoms with Gasteiger partial charge in [-0.25, -0.2) is 9.97 Å². The van der Waals surface area contributed by atoms with Crippen molar-refractivity contribution in [3.63, 3.8) is 0 Å². The molecular weight excluding hydrogens is 452 g/mol. The molecule has 0 unspecified atom stereocenters. The van der Waals surface area contributed by atoms with Crippen molar-refractivity contribution >= 4 is 33.3 Å². The van der Waals surface area contributed by atoms with E-state index >= 15 is 0 Å². The Labute approximate surface area is 202 Å². The van der Waals surface area contributed by atoms with Crippen LogP contribution in [0.1, 0.15) is 44.0 Å². The van der Waals surface area contributed by atoms with Crippen LogP contribution < -0.4 is 10.6 Å². The largest absolute Gasteiger partial charge is 0.396 e. The third-order valence-electron chi connectivity index (χ3n) is 7.37. The first kappa shape index (κ1) is 23.3. The van der Waals surface area contributed by atoms with E-state index in [9.17, 15) is 15.3 Å². The van der Waals surface area contributed by atoms with Crippen LogP contribution in [-0.2, 0) is 0 Å². The van der Waals surface area contributed by atoms with E-state index in [0.29, 0.717) is 24.1 Å². The monoisotopic (exact) mass is 484 g/mol. The van der Waals surface area contributed by atoms with Gasteiger partial charge in [-0.3, -0.25) is 4.98 Å². The molecule has 10 heteroatoms. The molecule has 34 heavy (non-hydrogen) atoms. The molecule has 0 bridgehead atoms. The highest BCUT2D eigenvalue weighted by Crippen LogP contribution is 2.39. The van der Waals surface area contributed by atoms with Gasteiger partial charge < -0.3 is 26.0 Å². The minimum absolute atomic E-state index is 0.179. The fourth-order valence-corrected chi connectivity index (χ4v) is 6.08. The van der Waals surface area contributed by atoms with Crippen molar-refractivity contribution in [3.8, 4) is 10.6 Å². The van der Waals surface area contributed by atoms with Crippen molar-refractivity contribution in [1.82, 2.24) is 19.9 Å². The number of nitrogens with one attached hydrogen (secondary N) is 2. The molecule has 2 aliphatic carbocycles. The van der Waals surface area contributed by atoms with Crippen LogP contribution in [-0.4, -0.2) is 66.2 Å². The number of aryl methyl sites for hydroxylation is 2. The Balaban J connectivity index is 1.54. The number of fused-ring (bicyclic) bond motifs is 1. The summed E-state index contributed by atoms with van der Waals surface area (Å²) in [6, 6.07) is 1.77. The van der Waals surface area contributed by atoms with Gasteiger partial charge in [-0.2, -0.15) is 4.98 Å². The molecule has 5 rings (SSSR count). The second-order valence-electron chi connectivity index (χ2n) is 9.65. The number of hydrogen-bond acceptors (Lipinski definition) is 10. The lowest BCUT2D eigenvalue weighted by molar-refractivity contribution is 0.00446. The number of hydrogen-bond donors (Lipinski definition) is 5. The molecular formula is C24H32N6O3S. The zero-order chi connectivity index (χ0) is 24.0. The maximum Gasteiger partial charge on any atom is 0.225 e. The molecule has 2 fully saturated rings. The topological polar surface area (TPSA) is 136 Å². The molecule has 0 spiro atoms. The highest BCUT2D eigenvalue weighted by molar-refractivity contribution is 7.21. The summed E-state index contributed by atoms with van der Waals surface area (Å²) in [5.74, 6) is 1.34. The fourth-order valence-electron chi connectivity index (χ4n) is 4.97. The van der Waals surface area contributed by atoms with E-state index in [1.165, 1.54) is 19.3 Å². The molecule has 9 nitrogen and oxygen atoms in total. The van der Waals surface area contributed by atoms with E-state index in [0.717, 1.165) is 32.2 Å². The van der Waals surface area contributed by atoms with E-state index < -0.39 is 18.2 Å². The maximum absolute atomic E-state index is 10.6. The first-order valence-corrected chi connectivity index (χ1v) is 12.8. The van der Waals surface area contributed by atoms with Gasteiger partial charge in [0, 0.05) is 24.8 Å². The normalized spacial score (nSPS) is 25.9. The minimum atomic E-state index is -1.01. The summed E-state index contributed by atoms with van der Waals surface area (Å²) in [6.45, 7) is 5.86. The third kappa shape index (κ3) is 4.24. The molecule has 0 aliphatic heterocycles. The van der Waals surface area contributed by atoms with E-state index in [2.05, 4.69) is 22.5 Å². The van der Waals surface area contributed by atoms with Gasteiger partial charge in [0.2, 0.25) is 5.95 Å². The standard InChI is InChI=1S/C24H32N6O3S/c1-11(14-5-4-6-14)26-24-27-12(2)18(23-29-19-13(3)25-8-7-17(19)34-23)22(30-24)28-16-9-15(10-31)20(32)21(16)33/h7-8,11,14-16,20-21,31-33H,4-6,9-10H2,1-3H3,(H2,26,27,28,30)/t11-,15-,16-,20-,21+/m1/s1. The second-order valence-corrected chi connectivity index (χ2v) is 10.7. The summed E-state index contributed by atoms with van der Waals surface area (Å²) in [5, 5.41) is 38.1. The molecule has 3 aromatic heterocycles. The summed E-state index contributed by atoms with van der Waals surface area (Å²) in [6.07, 6.45) is 3.91. The quantitative estimate of drug-likeness (QED) is 0.343. The summed E-state index contributed by atoms with van der Waals surface area (Å²) in [5.41, 5.74) is 3.26. The van der Waals surface area contributed by atoms with Crippen LogP contribution in [0.3, 0.4) is 0 Å². The lowest BCUT2D eigenvalue weighted by Gasteiger charge is -2.32. The summed E-state index contributed by atoms with van der Waals surface area (Å²) >= 11 is 1.55. The highest BCUT2D eigenvalue weighted by atomic mass is 32.1. The Morgan fingerprint density at radius 3 is 2.56 bits per heavy atom. The van der Waals surface area contributed by atoms with E-state index in [-0.39, 0.29) is 18.6 Å². The Kier molecular flexibility index (Phi) is 6.41. The number of pyridine rings is 1. The average molecular weight is 485 g/mol. The van der Waals surface area contributed by atoms with Crippen LogP contribution >= 0.6 is 11.3 Å². The molecule has 0 amide bonds. The molecule has 182 valence electrons. The van der Waals surface area contributed by atoms with E-state index in [1.54, 1.807) is 17.5 Å². The number of aliphatic hydroxyl groups excluding tert-OH is 3. The lowest BCUT2D eigenvalue weighted by atomic mass is 9.80. The maximum atomic E-state index is 10.6. The van der Waals surface area contributed by atoms with Crippen molar-refractivity contribution in [3.05, 3.63) is 23.7 Å². The van der Waals surface area contributed by atoms with Crippen molar-refractivity contribution in [2.75, 3.05) is 17.2 Å². The van der Waals surface area contributed by atoms with Crippen molar-refractivity contribution < 1.29 is 15.3 Å². The molecule has 0 saturated heterocycles. The van der Waals surface area contributed by atoms with Gasteiger partial charge in [0.15, 0.2) is 0 Å². The predicted octanol–water partition coefficient (Wildman–Crippen LogP) is 2.88. The molecule has 2 saturated carbocycles. The predicted molar refractivity (Wildman–Crippen MR) is 133 cm³/mol. The SMILES string of the molecule is Cc1nc(N[C@H](C)C2CCC2)nc(N[C@@H]2C[C@H](CO)[C@@H](O)[C@H]2O)c1-c1nc2c(C)nccc2s1. The van der Waals surface area contributed by atoms with Crippen molar-refractivity contribution in [2.24, 2.45) is 11.8 Å².